The van der Waals surface area contributed by atoms with Crippen LogP contribution in [0.2, 0.25) is 0 Å². The first-order valence-electron chi connectivity index (χ1n) is 6.34. The predicted octanol–water partition coefficient (Wildman–Crippen LogP) is 1.75. The van der Waals surface area contributed by atoms with Crippen LogP contribution in [-0.4, -0.2) is 20.8 Å². The molecule has 4 heteroatoms. The van der Waals surface area contributed by atoms with Gasteiger partial charge in [-0.1, -0.05) is 32.0 Å². The van der Waals surface area contributed by atoms with Crippen LogP contribution in [0.4, 0.5) is 0 Å². The van der Waals surface area contributed by atoms with Gasteiger partial charge in [-0.25, -0.2) is 4.79 Å². The van der Waals surface area contributed by atoms with Gasteiger partial charge in [-0.2, -0.15) is 0 Å². The Balaban J connectivity index is 2.74. The van der Waals surface area contributed by atoms with E-state index in [-0.39, 0.29) is 12.3 Å². The van der Waals surface area contributed by atoms with Crippen LogP contribution in [0.5, 0.6) is 0 Å². The quantitative estimate of drug-likeness (QED) is 0.914. The van der Waals surface area contributed by atoms with Crippen LogP contribution in [0, 0.1) is 6.92 Å². The molecule has 0 bridgehead atoms. The van der Waals surface area contributed by atoms with Gasteiger partial charge in [-0.15, -0.1) is 0 Å². The molecule has 0 aliphatic rings. The van der Waals surface area contributed by atoms with E-state index in [1.807, 2.05) is 51.2 Å². The summed E-state index contributed by atoms with van der Waals surface area (Å²) < 4.78 is 3.25. The molecule has 4 nitrogen and oxygen atoms in total. The second kappa shape index (κ2) is 4.70. The van der Waals surface area contributed by atoms with E-state index in [9.17, 15) is 9.90 Å². The minimum atomic E-state index is -0.391. The van der Waals surface area contributed by atoms with Crippen LogP contribution < -0.4 is 5.69 Å². The van der Waals surface area contributed by atoms with Crippen LogP contribution in [0.1, 0.15) is 25.1 Å². The fraction of sp³-hybridized carbons (Fsp3) is 0.400. The number of aryl methyl sites for hydroxylation is 2. The van der Waals surface area contributed by atoms with Crippen LogP contribution in [0.3, 0.4) is 0 Å². The van der Waals surface area contributed by atoms with Gasteiger partial charge in [0.1, 0.15) is 0 Å². The van der Waals surface area contributed by atoms with Gasteiger partial charge >= 0.3 is 5.69 Å². The zero-order valence-electron chi connectivity index (χ0n) is 11.8. The van der Waals surface area contributed by atoms with E-state index in [1.165, 1.54) is 0 Å². The molecule has 102 valence electrons. The van der Waals surface area contributed by atoms with Crippen LogP contribution >= 0.6 is 0 Å². The first-order chi connectivity index (χ1) is 8.88. The molecule has 0 saturated heterocycles. The molecule has 2 aromatic rings. The molecule has 2 rings (SSSR count). The minimum Gasteiger partial charge on any atom is -0.395 e. The zero-order chi connectivity index (χ0) is 14.2. The Morgan fingerprint density at radius 2 is 1.89 bits per heavy atom. The summed E-state index contributed by atoms with van der Waals surface area (Å²) in [6, 6.07) is 7.72. The number of hydrogen-bond donors (Lipinski definition) is 1. The Bertz CT molecular complexity index is 650. The zero-order valence-corrected chi connectivity index (χ0v) is 11.8. The highest BCUT2D eigenvalue weighted by Crippen LogP contribution is 2.28. The summed E-state index contributed by atoms with van der Waals surface area (Å²) in [5.74, 6) is 0. The Kier molecular flexibility index (Phi) is 3.37. The lowest BCUT2D eigenvalue weighted by atomic mass is 9.84. The van der Waals surface area contributed by atoms with Gasteiger partial charge in [0.2, 0.25) is 0 Å². The first kappa shape index (κ1) is 13.6. The monoisotopic (exact) mass is 260 g/mol. The van der Waals surface area contributed by atoms with Crippen molar-refractivity contribution < 1.29 is 5.11 Å². The lowest BCUT2D eigenvalue weighted by molar-refractivity contribution is 0.218. The molecule has 0 unspecified atom stereocenters. The molecule has 0 aliphatic heterocycles. The highest BCUT2D eigenvalue weighted by Gasteiger charge is 2.24. The lowest BCUT2D eigenvalue weighted by Crippen LogP contribution is -2.28. The number of rotatable bonds is 3. The largest absolute Gasteiger partial charge is 0.395 e. The van der Waals surface area contributed by atoms with E-state index < -0.39 is 5.41 Å². The third kappa shape index (κ3) is 2.24. The van der Waals surface area contributed by atoms with Crippen molar-refractivity contribution in [2.75, 3.05) is 6.61 Å². The highest BCUT2D eigenvalue weighted by atomic mass is 16.3. The maximum atomic E-state index is 12.2. The van der Waals surface area contributed by atoms with Crippen molar-refractivity contribution in [3.8, 4) is 5.69 Å². The van der Waals surface area contributed by atoms with Crippen molar-refractivity contribution in [1.82, 2.24) is 9.13 Å². The summed E-state index contributed by atoms with van der Waals surface area (Å²) in [7, 11) is 1.74. The van der Waals surface area contributed by atoms with Crippen LogP contribution in [0.25, 0.3) is 5.69 Å². The van der Waals surface area contributed by atoms with Gasteiger partial charge in [0.05, 0.1) is 12.3 Å². The number of nitrogens with zero attached hydrogens (tertiary/aromatic N) is 2. The molecule has 0 radical (unpaired) electrons. The standard InChI is InChI=1S/C15H20N2O2/c1-11-9-16(4)14(19)17(11)13-8-6-5-7-12(13)15(2,3)10-18/h5-9,18H,10H2,1-4H3. The molecule has 1 heterocycles. The predicted molar refractivity (Wildman–Crippen MR) is 75.9 cm³/mol. The fourth-order valence-corrected chi connectivity index (χ4v) is 2.32. The molecule has 0 saturated carbocycles. The third-order valence-electron chi connectivity index (χ3n) is 3.50. The topological polar surface area (TPSA) is 47.2 Å². The average molecular weight is 260 g/mol. The number of aliphatic hydroxyl groups excluding tert-OH is 1. The number of benzene rings is 1. The Hall–Kier alpha value is -1.81. The molecule has 0 aliphatic carbocycles. The van der Waals surface area contributed by atoms with Gasteiger partial charge < -0.3 is 9.67 Å². The average Bonchev–Trinajstić information content (AvgIpc) is 2.63. The van der Waals surface area contributed by atoms with Gasteiger partial charge in [-0.3, -0.25) is 4.57 Å². The number of hydrogen-bond acceptors (Lipinski definition) is 2. The van der Waals surface area contributed by atoms with Crippen molar-refractivity contribution in [2.45, 2.75) is 26.2 Å². The van der Waals surface area contributed by atoms with E-state index in [4.69, 9.17) is 0 Å². The summed E-state index contributed by atoms with van der Waals surface area (Å²) in [5, 5.41) is 9.57. The van der Waals surface area contributed by atoms with E-state index in [0.29, 0.717) is 0 Å². The number of imidazole rings is 1. The van der Waals surface area contributed by atoms with Crippen LogP contribution in [0.15, 0.2) is 35.3 Å². The van der Waals surface area contributed by atoms with Crippen molar-refractivity contribution in [3.05, 3.63) is 52.2 Å². The molecular weight excluding hydrogens is 240 g/mol. The van der Waals surface area contributed by atoms with Gasteiger partial charge in [0.25, 0.3) is 0 Å². The minimum absolute atomic E-state index is 0.0324. The maximum Gasteiger partial charge on any atom is 0.332 e. The van der Waals surface area contributed by atoms with Crippen molar-refractivity contribution >= 4 is 0 Å². The lowest BCUT2D eigenvalue weighted by Gasteiger charge is -2.25. The Morgan fingerprint density at radius 3 is 2.42 bits per heavy atom. The summed E-state index contributed by atoms with van der Waals surface area (Å²) in [5.41, 5.74) is 2.23. The number of para-hydroxylation sites is 1. The Morgan fingerprint density at radius 1 is 1.26 bits per heavy atom. The molecule has 19 heavy (non-hydrogen) atoms. The third-order valence-corrected chi connectivity index (χ3v) is 3.50. The van der Waals surface area contributed by atoms with E-state index >= 15 is 0 Å². The highest BCUT2D eigenvalue weighted by molar-refractivity contribution is 5.46. The second-order valence-electron chi connectivity index (χ2n) is 5.56. The summed E-state index contributed by atoms with van der Waals surface area (Å²) in [6.45, 7) is 5.87. The molecule has 0 atom stereocenters. The van der Waals surface area contributed by atoms with Crippen molar-refractivity contribution in [2.24, 2.45) is 7.05 Å². The normalized spacial score (nSPS) is 11.8. The van der Waals surface area contributed by atoms with Crippen LogP contribution in [-0.2, 0) is 12.5 Å². The maximum absolute atomic E-state index is 12.2. The smallest absolute Gasteiger partial charge is 0.332 e. The first-order valence-corrected chi connectivity index (χ1v) is 6.34. The number of aliphatic hydroxyl groups is 1. The van der Waals surface area contributed by atoms with Gasteiger partial charge in [-0.05, 0) is 18.6 Å². The second-order valence-corrected chi connectivity index (χ2v) is 5.56. The van der Waals surface area contributed by atoms with Gasteiger partial charge in [0.15, 0.2) is 0 Å². The molecular formula is C15H20N2O2. The molecule has 0 amide bonds. The fourth-order valence-electron chi connectivity index (χ4n) is 2.32. The summed E-state index contributed by atoms with van der Waals surface area (Å²) in [6.07, 6.45) is 1.81. The van der Waals surface area contributed by atoms with Gasteiger partial charge in [0, 0.05) is 24.4 Å². The van der Waals surface area contributed by atoms with E-state index in [1.54, 1.807) is 16.2 Å². The van der Waals surface area contributed by atoms with E-state index in [2.05, 4.69) is 0 Å². The summed E-state index contributed by atoms with van der Waals surface area (Å²) >= 11 is 0. The van der Waals surface area contributed by atoms with E-state index in [0.717, 1.165) is 16.9 Å². The number of aromatic nitrogens is 2. The summed E-state index contributed by atoms with van der Waals surface area (Å²) in [4.78, 5) is 12.2. The molecule has 1 aromatic carbocycles. The van der Waals surface area contributed by atoms with Crippen molar-refractivity contribution in [3.63, 3.8) is 0 Å². The molecule has 1 N–H and O–H groups in total. The Labute approximate surface area is 112 Å². The SMILES string of the molecule is Cc1cn(C)c(=O)n1-c1ccccc1C(C)(C)CO. The molecule has 0 spiro atoms. The van der Waals surface area contributed by atoms with Crippen molar-refractivity contribution in [1.29, 1.82) is 0 Å². The molecule has 0 fully saturated rings. The molecule has 1 aromatic heterocycles.